The van der Waals surface area contributed by atoms with Crippen LogP contribution in [0.15, 0.2) is 11.4 Å². The van der Waals surface area contributed by atoms with E-state index in [0.717, 1.165) is 29.7 Å². The predicted molar refractivity (Wildman–Crippen MR) is 78.7 cm³/mol. The Bertz CT molecular complexity index is 613. The summed E-state index contributed by atoms with van der Waals surface area (Å²) < 4.78 is 6.01. The highest BCUT2D eigenvalue weighted by Gasteiger charge is 2.70. The van der Waals surface area contributed by atoms with Gasteiger partial charge in [0.2, 0.25) is 5.91 Å². The molecule has 114 valence electrons. The van der Waals surface area contributed by atoms with Crippen molar-refractivity contribution in [2.75, 3.05) is 0 Å². The molecule has 0 unspecified atom stereocenters. The summed E-state index contributed by atoms with van der Waals surface area (Å²) in [6, 6.07) is 1.56. The smallest absolute Gasteiger partial charge is 0.345 e. The van der Waals surface area contributed by atoms with Gasteiger partial charge in [0.25, 0.3) is 0 Å². The van der Waals surface area contributed by atoms with Gasteiger partial charge in [-0.3, -0.25) is 4.79 Å². The molecular formula is C15H19NO4S. The van der Waals surface area contributed by atoms with Gasteiger partial charge in [0, 0.05) is 12.8 Å². The molecule has 2 N–H and O–H groups in total. The van der Waals surface area contributed by atoms with Crippen molar-refractivity contribution in [2.45, 2.75) is 56.8 Å². The Kier molecular flexibility index (Phi) is 2.98. The van der Waals surface area contributed by atoms with Crippen LogP contribution in [-0.2, 0) is 16.0 Å². The molecule has 1 aromatic rings. The maximum absolute atomic E-state index is 12.3. The highest BCUT2D eigenvalue weighted by molar-refractivity contribution is 7.12. The number of thiophene rings is 1. The van der Waals surface area contributed by atoms with Crippen LogP contribution in [0.4, 0.5) is 0 Å². The zero-order valence-corrected chi connectivity index (χ0v) is 13.2. The van der Waals surface area contributed by atoms with Gasteiger partial charge in [-0.05, 0) is 37.8 Å². The standard InChI is InChI=1S/C15H19NO4S/c1-13(2)15(7-14(3,8-15)20-13)16-11(17)5-9-4-10(12(18)19)21-6-9/h4,6H,5,7-8H2,1-3H3,(H,16,17)(H,18,19). The number of fused-ring (bicyclic) bond motifs is 1. The molecule has 1 saturated carbocycles. The van der Waals surface area contributed by atoms with Crippen molar-refractivity contribution in [3.8, 4) is 0 Å². The van der Waals surface area contributed by atoms with Gasteiger partial charge in [-0.1, -0.05) is 0 Å². The van der Waals surface area contributed by atoms with Crippen molar-refractivity contribution in [1.29, 1.82) is 0 Å². The first-order valence-electron chi connectivity index (χ1n) is 6.97. The molecule has 5 nitrogen and oxygen atoms in total. The molecule has 4 rings (SSSR count). The van der Waals surface area contributed by atoms with E-state index in [9.17, 15) is 9.59 Å². The second kappa shape index (κ2) is 4.30. The lowest BCUT2D eigenvalue weighted by Gasteiger charge is -2.46. The first-order chi connectivity index (χ1) is 9.65. The predicted octanol–water partition coefficient (Wildman–Crippen LogP) is 2.21. The van der Waals surface area contributed by atoms with E-state index in [4.69, 9.17) is 9.84 Å². The van der Waals surface area contributed by atoms with Gasteiger partial charge in [-0.2, -0.15) is 0 Å². The summed E-state index contributed by atoms with van der Waals surface area (Å²) in [7, 11) is 0. The number of ether oxygens (including phenoxy) is 1. The third kappa shape index (κ3) is 2.26. The van der Waals surface area contributed by atoms with Crippen LogP contribution in [0.25, 0.3) is 0 Å². The van der Waals surface area contributed by atoms with Gasteiger partial charge < -0.3 is 15.2 Å². The van der Waals surface area contributed by atoms with E-state index in [1.165, 1.54) is 0 Å². The van der Waals surface area contributed by atoms with Gasteiger partial charge in [-0.15, -0.1) is 11.3 Å². The van der Waals surface area contributed by atoms with Crippen LogP contribution < -0.4 is 5.32 Å². The lowest BCUT2D eigenvalue weighted by molar-refractivity contribution is -0.124. The number of hydrogen-bond acceptors (Lipinski definition) is 4. The second-order valence-electron chi connectivity index (χ2n) is 6.85. The fourth-order valence-corrected chi connectivity index (χ4v) is 4.50. The van der Waals surface area contributed by atoms with Gasteiger partial charge in [0.05, 0.1) is 23.2 Å². The summed E-state index contributed by atoms with van der Waals surface area (Å²) in [5.41, 5.74) is -0.0246. The van der Waals surface area contributed by atoms with Crippen LogP contribution in [0.2, 0.25) is 0 Å². The monoisotopic (exact) mass is 309 g/mol. The molecule has 3 aliphatic rings. The number of carbonyl (C=O) groups is 2. The van der Waals surface area contributed by atoms with E-state index in [1.54, 1.807) is 11.4 Å². The van der Waals surface area contributed by atoms with E-state index < -0.39 is 5.97 Å². The minimum Gasteiger partial charge on any atom is -0.477 e. The molecule has 0 spiro atoms. The van der Waals surface area contributed by atoms with Gasteiger partial charge in [0.1, 0.15) is 4.88 Å². The van der Waals surface area contributed by atoms with Crippen molar-refractivity contribution in [3.63, 3.8) is 0 Å². The largest absolute Gasteiger partial charge is 0.477 e. The summed E-state index contributed by atoms with van der Waals surface area (Å²) in [5, 5.41) is 13.7. The quantitative estimate of drug-likeness (QED) is 0.894. The fraction of sp³-hybridized carbons (Fsp3) is 0.600. The summed E-state index contributed by atoms with van der Waals surface area (Å²) in [6.07, 6.45) is 1.88. The van der Waals surface area contributed by atoms with E-state index in [-0.39, 0.29) is 33.9 Å². The second-order valence-corrected chi connectivity index (χ2v) is 7.76. The highest BCUT2D eigenvalue weighted by atomic mass is 32.1. The van der Waals surface area contributed by atoms with Gasteiger partial charge in [0.15, 0.2) is 0 Å². The van der Waals surface area contributed by atoms with Crippen LogP contribution in [0.1, 0.15) is 48.8 Å². The van der Waals surface area contributed by atoms with Crippen molar-refractivity contribution >= 4 is 23.2 Å². The highest BCUT2D eigenvalue weighted by Crippen LogP contribution is 2.60. The van der Waals surface area contributed by atoms with E-state index >= 15 is 0 Å². The van der Waals surface area contributed by atoms with Crippen LogP contribution in [0, 0.1) is 0 Å². The molecule has 3 heterocycles. The average Bonchev–Trinajstić information content (AvgIpc) is 2.85. The van der Waals surface area contributed by atoms with Crippen LogP contribution >= 0.6 is 11.3 Å². The SMILES string of the molecule is CC12CC(NC(=O)Cc3csc(C(=O)O)c3)(C1)C(C)(C)O2. The number of carbonyl (C=O) groups excluding carboxylic acids is 1. The first-order valence-corrected chi connectivity index (χ1v) is 7.85. The topological polar surface area (TPSA) is 75.6 Å². The zero-order valence-electron chi connectivity index (χ0n) is 12.4. The first kappa shape index (κ1) is 14.5. The Balaban J connectivity index is 1.66. The maximum atomic E-state index is 12.3. The van der Waals surface area contributed by atoms with Crippen molar-refractivity contribution < 1.29 is 19.4 Å². The molecular weight excluding hydrogens is 290 g/mol. The molecule has 0 atom stereocenters. The molecule has 0 radical (unpaired) electrons. The Hall–Kier alpha value is -1.40. The van der Waals surface area contributed by atoms with E-state index in [0.29, 0.717) is 0 Å². The minimum absolute atomic E-state index is 0.0784. The lowest BCUT2D eigenvalue weighted by atomic mass is 9.63. The molecule has 2 aliphatic heterocycles. The van der Waals surface area contributed by atoms with E-state index in [1.807, 2.05) is 13.8 Å². The van der Waals surface area contributed by atoms with Crippen LogP contribution in [0.5, 0.6) is 0 Å². The molecule has 21 heavy (non-hydrogen) atoms. The van der Waals surface area contributed by atoms with Crippen LogP contribution in [-0.4, -0.2) is 33.7 Å². The zero-order chi connectivity index (χ0) is 15.5. The third-order valence-electron chi connectivity index (χ3n) is 4.61. The van der Waals surface area contributed by atoms with Crippen molar-refractivity contribution in [2.24, 2.45) is 0 Å². The molecule has 3 fully saturated rings. The Labute approximate surface area is 127 Å². The fourth-order valence-electron chi connectivity index (χ4n) is 3.75. The van der Waals surface area contributed by atoms with Crippen molar-refractivity contribution in [3.05, 3.63) is 21.9 Å². The maximum Gasteiger partial charge on any atom is 0.345 e. The number of amides is 1. The number of hydrogen-bond donors (Lipinski definition) is 2. The summed E-state index contributed by atoms with van der Waals surface area (Å²) in [4.78, 5) is 23.4. The molecule has 1 aromatic heterocycles. The summed E-state index contributed by atoms with van der Waals surface area (Å²) in [6.45, 7) is 6.10. The summed E-state index contributed by atoms with van der Waals surface area (Å²) >= 11 is 1.15. The molecule has 0 aromatic carbocycles. The number of carboxylic acids is 1. The average molecular weight is 309 g/mol. The lowest BCUT2D eigenvalue weighted by Crippen LogP contribution is -2.64. The third-order valence-corrected chi connectivity index (χ3v) is 5.58. The molecule has 1 aliphatic carbocycles. The Morgan fingerprint density at radius 1 is 1.38 bits per heavy atom. The molecule has 2 saturated heterocycles. The number of aromatic carboxylic acids is 1. The normalized spacial score (nSPS) is 32.5. The Morgan fingerprint density at radius 2 is 2.05 bits per heavy atom. The summed E-state index contributed by atoms with van der Waals surface area (Å²) in [5.74, 6) is -1.03. The minimum atomic E-state index is -0.953. The number of carboxylic acid groups (broad SMARTS) is 1. The molecule has 2 bridgehead atoms. The van der Waals surface area contributed by atoms with Gasteiger partial charge in [-0.25, -0.2) is 4.79 Å². The van der Waals surface area contributed by atoms with E-state index in [2.05, 4.69) is 12.2 Å². The molecule has 6 heteroatoms. The van der Waals surface area contributed by atoms with Gasteiger partial charge >= 0.3 is 5.97 Å². The van der Waals surface area contributed by atoms with Crippen LogP contribution in [0.3, 0.4) is 0 Å². The van der Waals surface area contributed by atoms with Crippen molar-refractivity contribution in [1.82, 2.24) is 5.32 Å². The molecule has 1 amide bonds. The number of nitrogens with one attached hydrogen (secondary N) is 1. The number of rotatable bonds is 4. The Morgan fingerprint density at radius 3 is 2.52 bits per heavy atom.